The van der Waals surface area contributed by atoms with Crippen molar-refractivity contribution in [1.82, 2.24) is 4.90 Å². The molecule has 2 unspecified atom stereocenters. The molecule has 1 saturated carbocycles. The molecular formula is C23H28BrNO2. The van der Waals surface area contributed by atoms with Crippen LogP contribution < -0.4 is 4.74 Å². The number of hydrogen-bond acceptors (Lipinski definition) is 2. The van der Waals surface area contributed by atoms with E-state index < -0.39 is 0 Å². The summed E-state index contributed by atoms with van der Waals surface area (Å²) < 4.78 is 6.65. The van der Waals surface area contributed by atoms with E-state index in [4.69, 9.17) is 4.74 Å². The highest BCUT2D eigenvalue weighted by Crippen LogP contribution is 2.52. The molecule has 0 aromatic heterocycles. The summed E-state index contributed by atoms with van der Waals surface area (Å²) in [5.41, 5.74) is 1.57. The Morgan fingerprint density at radius 3 is 2.74 bits per heavy atom. The first kappa shape index (κ1) is 18.8. The summed E-state index contributed by atoms with van der Waals surface area (Å²) in [6.07, 6.45) is 3.84. The topological polar surface area (TPSA) is 29.5 Å². The largest absolute Gasteiger partial charge is 0.496 e. The Labute approximate surface area is 170 Å². The molecule has 4 heteroatoms. The Kier molecular flexibility index (Phi) is 4.53. The first-order chi connectivity index (χ1) is 12.7. The average molecular weight is 430 g/mol. The molecule has 2 aromatic rings. The minimum atomic E-state index is 0.232. The third kappa shape index (κ3) is 3.49. The van der Waals surface area contributed by atoms with Gasteiger partial charge in [0.15, 0.2) is 0 Å². The quantitative estimate of drug-likeness (QED) is 0.636. The summed E-state index contributed by atoms with van der Waals surface area (Å²) in [5, 5.41) is 2.22. The van der Waals surface area contributed by atoms with E-state index in [-0.39, 0.29) is 11.3 Å². The van der Waals surface area contributed by atoms with Crippen LogP contribution in [0.1, 0.15) is 45.6 Å². The average Bonchev–Trinajstić information content (AvgIpc) is 2.83. The molecule has 1 amide bonds. The summed E-state index contributed by atoms with van der Waals surface area (Å²) in [7, 11) is 1.68. The second-order valence-corrected chi connectivity index (χ2v) is 10.4. The van der Waals surface area contributed by atoms with Gasteiger partial charge in [-0.1, -0.05) is 48.8 Å². The van der Waals surface area contributed by atoms with Crippen LogP contribution in [0.4, 0.5) is 0 Å². The molecule has 2 aliphatic rings. The van der Waals surface area contributed by atoms with E-state index in [0.717, 1.165) is 45.9 Å². The Balaban J connectivity index is 1.66. The maximum absolute atomic E-state index is 13.4. The van der Waals surface area contributed by atoms with Crippen molar-refractivity contribution in [2.24, 2.45) is 10.8 Å². The van der Waals surface area contributed by atoms with Crippen LogP contribution in [0, 0.1) is 10.8 Å². The zero-order valence-corrected chi connectivity index (χ0v) is 18.2. The highest BCUT2D eigenvalue weighted by atomic mass is 79.9. The van der Waals surface area contributed by atoms with Crippen molar-refractivity contribution >= 4 is 32.6 Å². The van der Waals surface area contributed by atoms with Gasteiger partial charge in [-0.05, 0) is 59.1 Å². The molecule has 1 aliphatic carbocycles. The number of carbonyl (C=O) groups excluding carboxylic acids is 1. The summed E-state index contributed by atoms with van der Waals surface area (Å²) in [6, 6.07) is 10.6. The van der Waals surface area contributed by atoms with Crippen molar-refractivity contribution in [1.29, 1.82) is 0 Å². The van der Waals surface area contributed by atoms with Crippen LogP contribution >= 0.6 is 15.9 Å². The Morgan fingerprint density at radius 1 is 1.22 bits per heavy atom. The van der Waals surface area contributed by atoms with Crippen LogP contribution in [0.5, 0.6) is 5.75 Å². The van der Waals surface area contributed by atoms with Crippen LogP contribution in [0.3, 0.4) is 0 Å². The lowest BCUT2D eigenvalue weighted by atomic mass is 9.65. The molecule has 2 aromatic carbocycles. The number of benzene rings is 2. The molecule has 4 rings (SSSR count). The molecule has 2 fully saturated rings. The summed E-state index contributed by atoms with van der Waals surface area (Å²) in [4.78, 5) is 15.5. The first-order valence-corrected chi connectivity index (χ1v) is 10.5. The first-order valence-electron chi connectivity index (χ1n) is 9.74. The van der Waals surface area contributed by atoms with Gasteiger partial charge in [-0.15, -0.1) is 0 Å². The van der Waals surface area contributed by atoms with Gasteiger partial charge in [0.2, 0.25) is 5.91 Å². The van der Waals surface area contributed by atoms with Crippen molar-refractivity contribution in [2.75, 3.05) is 13.7 Å². The van der Waals surface area contributed by atoms with Crippen LogP contribution in [-0.2, 0) is 11.2 Å². The normalized spacial score (nSPS) is 26.4. The molecule has 1 aliphatic heterocycles. The van der Waals surface area contributed by atoms with Gasteiger partial charge in [-0.2, -0.15) is 0 Å². The number of fused-ring (bicyclic) bond motifs is 3. The van der Waals surface area contributed by atoms with Crippen LogP contribution in [0.2, 0.25) is 0 Å². The van der Waals surface area contributed by atoms with Gasteiger partial charge in [-0.3, -0.25) is 4.79 Å². The molecule has 1 saturated heterocycles. The predicted octanol–water partition coefficient (Wildman–Crippen LogP) is 5.58. The SMILES string of the molecule is COc1ccc2cc(Br)ccc2c1CC(=O)N1CC2(C)CC1CC(C)(C)C2. The lowest BCUT2D eigenvalue weighted by Gasteiger charge is -2.39. The molecule has 0 spiro atoms. The van der Waals surface area contributed by atoms with Crippen molar-refractivity contribution in [2.45, 2.75) is 52.5 Å². The third-order valence-electron chi connectivity index (χ3n) is 6.33. The van der Waals surface area contributed by atoms with Crippen LogP contribution in [0.15, 0.2) is 34.8 Å². The van der Waals surface area contributed by atoms with Gasteiger partial charge in [0, 0.05) is 22.6 Å². The highest BCUT2D eigenvalue weighted by molar-refractivity contribution is 9.10. The molecule has 2 atom stereocenters. The number of carbonyl (C=O) groups is 1. The van der Waals surface area contributed by atoms with E-state index in [1.54, 1.807) is 7.11 Å². The fraction of sp³-hybridized carbons (Fsp3) is 0.522. The summed E-state index contributed by atoms with van der Waals surface area (Å²) >= 11 is 3.54. The van der Waals surface area contributed by atoms with Gasteiger partial charge in [0.25, 0.3) is 0 Å². The second kappa shape index (κ2) is 6.51. The highest BCUT2D eigenvalue weighted by Gasteiger charge is 2.50. The lowest BCUT2D eigenvalue weighted by molar-refractivity contribution is -0.131. The summed E-state index contributed by atoms with van der Waals surface area (Å²) in [6.45, 7) is 7.93. The predicted molar refractivity (Wildman–Crippen MR) is 113 cm³/mol. The summed E-state index contributed by atoms with van der Waals surface area (Å²) in [5.74, 6) is 1.03. The Morgan fingerprint density at radius 2 is 2.00 bits per heavy atom. The number of ether oxygens (including phenoxy) is 1. The van der Waals surface area contributed by atoms with Crippen molar-refractivity contribution < 1.29 is 9.53 Å². The van der Waals surface area contributed by atoms with Crippen molar-refractivity contribution in [3.63, 3.8) is 0 Å². The van der Waals surface area contributed by atoms with Crippen molar-refractivity contribution in [3.05, 3.63) is 40.4 Å². The van der Waals surface area contributed by atoms with E-state index in [1.807, 2.05) is 12.1 Å². The molecule has 2 bridgehead atoms. The van der Waals surface area contributed by atoms with E-state index in [1.165, 1.54) is 6.42 Å². The molecule has 0 radical (unpaired) electrons. The van der Waals surface area contributed by atoms with E-state index in [2.05, 4.69) is 59.8 Å². The standard InChI is InChI=1S/C23H28BrNO2/c1-22(2)11-17-12-23(3,13-22)14-25(17)21(26)10-19-18-7-6-16(24)9-15(18)5-8-20(19)27-4/h5-9,17H,10-14H2,1-4H3. The van der Waals surface area contributed by atoms with Gasteiger partial charge in [0.1, 0.15) is 5.75 Å². The van der Waals surface area contributed by atoms with Crippen LogP contribution in [-0.4, -0.2) is 30.5 Å². The zero-order valence-electron chi connectivity index (χ0n) is 16.6. The minimum Gasteiger partial charge on any atom is -0.496 e. The van der Waals surface area contributed by atoms with Gasteiger partial charge >= 0.3 is 0 Å². The Hall–Kier alpha value is -1.55. The number of methoxy groups -OCH3 is 1. The van der Waals surface area contributed by atoms with Gasteiger partial charge < -0.3 is 9.64 Å². The molecule has 3 nitrogen and oxygen atoms in total. The maximum Gasteiger partial charge on any atom is 0.227 e. The smallest absolute Gasteiger partial charge is 0.227 e. The number of nitrogens with zero attached hydrogens (tertiary/aromatic N) is 1. The number of likely N-dealkylation sites (tertiary alicyclic amines) is 1. The molecule has 144 valence electrons. The van der Waals surface area contributed by atoms with Crippen LogP contribution in [0.25, 0.3) is 10.8 Å². The molecule has 27 heavy (non-hydrogen) atoms. The maximum atomic E-state index is 13.4. The fourth-order valence-electron chi connectivity index (χ4n) is 5.72. The Bertz CT molecular complexity index is 907. The van der Waals surface area contributed by atoms with E-state index >= 15 is 0 Å². The molecule has 1 heterocycles. The minimum absolute atomic E-state index is 0.232. The molecular weight excluding hydrogens is 402 g/mol. The zero-order chi connectivity index (χ0) is 19.4. The number of halogens is 1. The van der Waals surface area contributed by atoms with E-state index in [0.29, 0.717) is 17.9 Å². The number of hydrogen-bond donors (Lipinski definition) is 0. The van der Waals surface area contributed by atoms with Gasteiger partial charge in [-0.25, -0.2) is 0 Å². The number of amides is 1. The monoisotopic (exact) mass is 429 g/mol. The third-order valence-corrected chi connectivity index (χ3v) is 6.83. The fourth-order valence-corrected chi connectivity index (χ4v) is 6.10. The lowest BCUT2D eigenvalue weighted by Crippen LogP contribution is -2.38. The number of rotatable bonds is 3. The molecule has 0 N–H and O–H groups in total. The van der Waals surface area contributed by atoms with Crippen molar-refractivity contribution in [3.8, 4) is 5.75 Å². The van der Waals surface area contributed by atoms with Gasteiger partial charge in [0.05, 0.1) is 13.5 Å². The second-order valence-electron chi connectivity index (χ2n) is 9.52. The van der Waals surface area contributed by atoms with E-state index in [9.17, 15) is 4.79 Å².